The van der Waals surface area contributed by atoms with Gasteiger partial charge in [-0.3, -0.25) is 4.79 Å². The van der Waals surface area contributed by atoms with Crippen LogP contribution in [0.3, 0.4) is 0 Å². The zero-order valence-electron chi connectivity index (χ0n) is 14.9. The molecule has 0 fully saturated rings. The Kier molecular flexibility index (Phi) is 5.96. The maximum atomic E-state index is 12.2. The fraction of sp³-hybridized carbons (Fsp3) is 0.150. The Labute approximate surface area is 165 Å². The molecule has 3 rings (SSSR count). The van der Waals surface area contributed by atoms with Gasteiger partial charge in [0.1, 0.15) is 11.4 Å². The zero-order chi connectivity index (χ0) is 20.1. The summed E-state index contributed by atoms with van der Waals surface area (Å²) in [5.74, 6) is -1.45. The first-order chi connectivity index (χ1) is 13.5. The van der Waals surface area contributed by atoms with E-state index in [0.717, 1.165) is 0 Å². The number of amides is 1. The smallest absolute Gasteiger partial charge is 0.375 e. The third-order valence-corrected chi connectivity index (χ3v) is 4.22. The molecule has 0 radical (unpaired) electrons. The summed E-state index contributed by atoms with van der Waals surface area (Å²) in [7, 11) is 0. The molecule has 144 valence electrons. The van der Waals surface area contributed by atoms with Crippen molar-refractivity contribution in [2.75, 3.05) is 6.61 Å². The molecule has 0 aliphatic carbocycles. The van der Waals surface area contributed by atoms with Gasteiger partial charge in [0.2, 0.25) is 5.76 Å². The molecule has 8 heteroatoms. The minimum Gasteiger partial charge on any atom is -0.484 e. The number of carboxylic acids is 1. The van der Waals surface area contributed by atoms with Gasteiger partial charge in [0.25, 0.3) is 5.91 Å². The standard InChI is InChI=1S/C20H17ClN2O5/c1-12(22-16(24)11-27-15-5-3-2-4-6-15)17-18(23-28-19(17)20(25)26)13-7-9-14(21)10-8-13/h2-10,12H,11H2,1H3,(H,22,24)(H,25,26)/t12-/m1/s1. The molecular formula is C20H17ClN2O5. The van der Waals surface area contributed by atoms with E-state index in [1.165, 1.54) is 0 Å². The van der Waals surface area contributed by atoms with Crippen molar-refractivity contribution in [1.82, 2.24) is 10.5 Å². The quantitative estimate of drug-likeness (QED) is 0.622. The highest BCUT2D eigenvalue weighted by atomic mass is 35.5. The number of rotatable bonds is 7. The summed E-state index contributed by atoms with van der Waals surface area (Å²) in [6, 6.07) is 14.9. The van der Waals surface area contributed by atoms with Gasteiger partial charge in [0.05, 0.1) is 11.6 Å². The fourth-order valence-corrected chi connectivity index (χ4v) is 2.82. The summed E-state index contributed by atoms with van der Waals surface area (Å²) in [5, 5.41) is 16.5. The van der Waals surface area contributed by atoms with Crippen LogP contribution >= 0.6 is 11.6 Å². The Hall–Kier alpha value is -3.32. The second-order valence-corrected chi connectivity index (χ2v) is 6.41. The van der Waals surface area contributed by atoms with Crippen molar-refractivity contribution in [3.8, 4) is 17.0 Å². The molecule has 0 spiro atoms. The minimum atomic E-state index is -1.27. The van der Waals surface area contributed by atoms with Crippen LogP contribution in [-0.2, 0) is 4.79 Å². The van der Waals surface area contributed by atoms with Crippen LogP contribution in [0.1, 0.15) is 29.1 Å². The zero-order valence-corrected chi connectivity index (χ0v) is 15.6. The summed E-state index contributed by atoms with van der Waals surface area (Å²) in [6.45, 7) is 1.44. The molecule has 0 unspecified atom stereocenters. The minimum absolute atomic E-state index is 0.210. The highest BCUT2D eigenvalue weighted by molar-refractivity contribution is 6.30. The topological polar surface area (TPSA) is 102 Å². The number of hydrogen-bond acceptors (Lipinski definition) is 5. The molecule has 0 saturated carbocycles. The number of halogens is 1. The van der Waals surface area contributed by atoms with Gasteiger partial charge in [0, 0.05) is 10.6 Å². The summed E-state index contributed by atoms with van der Waals surface area (Å²) >= 11 is 5.90. The van der Waals surface area contributed by atoms with Gasteiger partial charge in [-0.2, -0.15) is 0 Å². The summed E-state index contributed by atoms with van der Waals surface area (Å²) in [6.07, 6.45) is 0. The lowest BCUT2D eigenvalue weighted by atomic mass is 10.0. The largest absolute Gasteiger partial charge is 0.484 e. The average Bonchev–Trinajstić information content (AvgIpc) is 3.13. The van der Waals surface area contributed by atoms with Gasteiger partial charge in [0.15, 0.2) is 6.61 Å². The average molecular weight is 401 g/mol. The maximum absolute atomic E-state index is 12.2. The van der Waals surface area contributed by atoms with Crippen LogP contribution in [0.5, 0.6) is 5.75 Å². The number of nitrogens with zero attached hydrogens (tertiary/aromatic N) is 1. The Bertz CT molecular complexity index is 970. The highest BCUT2D eigenvalue weighted by Crippen LogP contribution is 2.31. The predicted octanol–water partition coefficient (Wildman–Crippen LogP) is 3.95. The second kappa shape index (κ2) is 8.58. The molecule has 1 amide bonds. The van der Waals surface area contributed by atoms with Crippen molar-refractivity contribution in [3.63, 3.8) is 0 Å². The third-order valence-electron chi connectivity index (χ3n) is 3.96. The lowest BCUT2D eigenvalue weighted by Crippen LogP contribution is -2.32. The van der Waals surface area contributed by atoms with E-state index in [9.17, 15) is 14.7 Å². The fourth-order valence-electron chi connectivity index (χ4n) is 2.69. The molecule has 0 aliphatic rings. The number of carbonyl (C=O) groups excluding carboxylic acids is 1. The predicted molar refractivity (Wildman–Crippen MR) is 102 cm³/mol. The summed E-state index contributed by atoms with van der Waals surface area (Å²) in [4.78, 5) is 23.8. The van der Waals surface area contributed by atoms with Crippen LogP contribution in [0.25, 0.3) is 11.3 Å². The van der Waals surface area contributed by atoms with Crippen LogP contribution in [0.2, 0.25) is 5.02 Å². The van der Waals surface area contributed by atoms with Crippen molar-refractivity contribution in [2.24, 2.45) is 0 Å². The number of nitrogens with one attached hydrogen (secondary N) is 1. The third kappa shape index (κ3) is 4.50. The van der Waals surface area contributed by atoms with Crippen LogP contribution in [0, 0.1) is 0 Å². The monoisotopic (exact) mass is 400 g/mol. The van der Waals surface area contributed by atoms with Crippen molar-refractivity contribution in [3.05, 3.63) is 70.9 Å². The highest BCUT2D eigenvalue weighted by Gasteiger charge is 2.28. The molecule has 0 aliphatic heterocycles. The Morgan fingerprint density at radius 2 is 1.86 bits per heavy atom. The number of carboxylic acid groups (broad SMARTS) is 1. The van der Waals surface area contributed by atoms with Crippen LogP contribution < -0.4 is 10.1 Å². The van der Waals surface area contributed by atoms with E-state index in [0.29, 0.717) is 22.0 Å². The molecule has 2 N–H and O–H groups in total. The first-order valence-corrected chi connectivity index (χ1v) is 8.79. The lowest BCUT2D eigenvalue weighted by Gasteiger charge is -2.15. The molecular weight excluding hydrogens is 384 g/mol. The molecule has 2 aromatic carbocycles. The van der Waals surface area contributed by atoms with Crippen LogP contribution in [0.15, 0.2) is 59.1 Å². The van der Waals surface area contributed by atoms with Crippen LogP contribution in [0.4, 0.5) is 0 Å². The van der Waals surface area contributed by atoms with E-state index >= 15 is 0 Å². The van der Waals surface area contributed by atoms with Crippen molar-refractivity contribution in [2.45, 2.75) is 13.0 Å². The molecule has 7 nitrogen and oxygen atoms in total. The van der Waals surface area contributed by atoms with E-state index in [2.05, 4.69) is 10.5 Å². The molecule has 1 heterocycles. The van der Waals surface area contributed by atoms with Gasteiger partial charge >= 0.3 is 5.97 Å². The first kappa shape index (κ1) is 19.4. The first-order valence-electron chi connectivity index (χ1n) is 8.41. The number of benzene rings is 2. The number of para-hydroxylation sites is 1. The Morgan fingerprint density at radius 3 is 2.50 bits per heavy atom. The SMILES string of the molecule is C[C@@H](NC(=O)COc1ccccc1)c1c(-c2ccc(Cl)cc2)noc1C(=O)O. The molecule has 1 atom stereocenters. The van der Waals surface area contributed by atoms with Gasteiger partial charge in [-0.15, -0.1) is 0 Å². The molecule has 3 aromatic rings. The summed E-state index contributed by atoms with van der Waals surface area (Å²) < 4.78 is 10.4. The van der Waals surface area contributed by atoms with Gasteiger partial charge < -0.3 is 19.7 Å². The number of aromatic nitrogens is 1. The normalized spacial score (nSPS) is 11.6. The van der Waals surface area contributed by atoms with Gasteiger partial charge in [-0.25, -0.2) is 4.79 Å². The molecule has 0 saturated heterocycles. The van der Waals surface area contributed by atoms with E-state index in [1.54, 1.807) is 55.5 Å². The Morgan fingerprint density at radius 1 is 1.18 bits per heavy atom. The van der Waals surface area contributed by atoms with Crippen molar-refractivity contribution >= 4 is 23.5 Å². The van der Waals surface area contributed by atoms with E-state index in [-0.39, 0.29) is 17.9 Å². The molecule has 0 bridgehead atoms. The van der Waals surface area contributed by atoms with E-state index in [4.69, 9.17) is 20.9 Å². The number of aromatic carboxylic acids is 1. The van der Waals surface area contributed by atoms with E-state index in [1.807, 2.05) is 6.07 Å². The second-order valence-electron chi connectivity index (χ2n) is 5.98. The van der Waals surface area contributed by atoms with Crippen molar-refractivity contribution in [1.29, 1.82) is 0 Å². The molecule has 1 aromatic heterocycles. The van der Waals surface area contributed by atoms with Gasteiger partial charge in [-0.05, 0) is 31.2 Å². The maximum Gasteiger partial charge on any atom is 0.375 e. The Balaban J connectivity index is 1.78. The van der Waals surface area contributed by atoms with Crippen LogP contribution in [-0.4, -0.2) is 28.7 Å². The summed E-state index contributed by atoms with van der Waals surface area (Å²) in [5.41, 5.74) is 1.21. The molecule has 28 heavy (non-hydrogen) atoms. The number of carbonyl (C=O) groups is 2. The lowest BCUT2D eigenvalue weighted by molar-refractivity contribution is -0.123. The van der Waals surface area contributed by atoms with Crippen molar-refractivity contribution < 1.29 is 24.0 Å². The van der Waals surface area contributed by atoms with Gasteiger partial charge in [-0.1, -0.05) is 47.1 Å². The number of ether oxygens (including phenoxy) is 1. The van der Waals surface area contributed by atoms with E-state index < -0.39 is 17.9 Å². The number of hydrogen-bond donors (Lipinski definition) is 2.